The van der Waals surface area contributed by atoms with E-state index in [9.17, 15) is 9.18 Å². The van der Waals surface area contributed by atoms with E-state index in [1.54, 1.807) is 29.9 Å². The van der Waals surface area contributed by atoms with Crippen LogP contribution in [0.5, 0.6) is 0 Å². The number of nitrogens with one attached hydrogen (secondary N) is 1. The molecular formula is C22H26FN5O2. The van der Waals surface area contributed by atoms with Crippen molar-refractivity contribution in [2.75, 3.05) is 29.9 Å². The Morgan fingerprint density at radius 1 is 1.30 bits per heavy atom. The van der Waals surface area contributed by atoms with Gasteiger partial charge in [0.1, 0.15) is 11.4 Å². The highest BCUT2D eigenvalue weighted by Crippen LogP contribution is 2.34. The lowest BCUT2D eigenvalue weighted by atomic mass is 10.0. The number of ether oxygens (including phenoxy) is 1. The van der Waals surface area contributed by atoms with Gasteiger partial charge in [-0.05, 0) is 38.8 Å². The van der Waals surface area contributed by atoms with Crippen molar-refractivity contribution in [1.82, 2.24) is 14.8 Å². The van der Waals surface area contributed by atoms with E-state index in [0.29, 0.717) is 17.9 Å². The van der Waals surface area contributed by atoms with Gasteiger partial charge in [-0.3, -0.25) is 4.68 Å². The first-order chi connectivity index (χ1) is 14.5. The molecule has 0 unspecified atom stereocenters. The summed E-state index contributed by atoms with van der Waals surface area (Å²) >= 11 is 0. The molecule has 1 saturated heterocycles. The van der Waals surface area contributed by atoms with E-state index in [2.05, 4.69) is 20.3 Å². The second-order valence-corrected chi connectivity index (χ2v) is 7.53. The minimum Gasteiger partial charge on any atom is -0.462 e. The molecule has 1 aliphatic heterocycles. The average molecular weight is 411 g/mol. The van der Waals surface area contributed by atoms with Gasteiger partial charge in [0.05, 0.1) is 29.1 Å². The van der Waals surface area contributed by atoms with Crippen LogP contribution in [0.4, 0.5) is 15.8 Å². The topological polar surface area (TPSA) is 72.3 Å². The Labute approximate surface area is 174 Å². The number of carbonyl (C=O) groups excluding carboxylic acids is 1. The molecule has 0 radical (unpaired) electrons. The number of para-hydroxylation sites is 1. The Morgan fingerprint density at radius 2 is 2.03 bits per heavy atom. The highest BCUT2D eigenvalue weighted by molar-refractivity contribution is 6.05. The minimum absolute atomic E-state index is 0.163. The molecule has 30 heavy (non-hydrogen) atoms. The van der Waals surface area contributed by atoms with E-state index in [4.69, 9.17) is 4.74 Å². The van der Waals surface area contributed by atoms with Gasteiger partial charge in [-0.2, -0.15) is 5.10 Å². The van der Waals surface area contributed by atoms with Gasteiger partial charge in [0.2, 0.25) is 0 Å². The van der Waals surface area contributed by atoms with Gasteiger partial charge in [0.25, 0.3) is 0 Å². The number of hydrogen-bond acceptors (Lipinski definition) is 6. The second-order valence-electron chi connectivity index (χ2n) is 7.53. The largest absolute Gasteiger partial charge is 0.462 e. The van der Waals surface area contributed by atoms with E-state index >= 15 is 0 Å². The quantitative estimate of drug-likeness (QED) is 0.646. The zero-order valence-electron chi connectivity index (χ0n) is 17.5. The van der Waals surface area contributed by atoms with Gasteiger partial charge in [-0.15, -0.1) is 0 Å². The molecule has 0 saturated carbocycles. The Morgan fingerprint density at radius 3 is 2.73 bits per heavy atom. The molecule has 1 aliphatic rings. The maximum absolute atomic E-state index is 14.0. The summed E-state index contributed by atoms with van der Waals surface area (Å²) in [5.74, 6) is -0.622. The maximum Gasteiger partial charge on any atom is 0.341 e. The van der Waals surface area contributed by atoms with Crippen LogP contribution in [0.2, 0.25) is 0 Å². The first-order valence-corrected chi connectivity index (χ1v) is 10.2. The van der Waals surface area contributed by atoms with Crippen molar-refractivity contribution in [2.24, 2.45) is 7.05 Å². The summed E-state index contributed by atoms with van der Waals surface area (Å²) in [5.41, 5.74) is 3.38. The molecule has 0 spiro atoms. The van der Waals surface area contributed by atoms with Crippen LogP contribution < -0.4 is 10.2 Å². The van der Waals surface area contributed by atoms with Crippen LogP contribution in [-0.2, 0) is 11.8 Å². The summed E-state index contributed by atoms with van der Waals surface area (Å²) in [4.78, 5) is 19.3. The summed E-state index contributed by atoms with van der Waals surface area (Å²) in [6.07, 6.45) is 3.22. The summed E-state index contributed by atoms with van der Waals surface area (Å²) in [5, 5.41) is 8.68. The number of halogens is 1. The lowest BCUT2D eigenvalue weighted by Crippen LogP contribution is -2.40. The summed E-state index contributed by atoms with van der Waals surface area (Å²) in [6, 6.07) is 6.89. The number of nitrogens with zero attached hydrogens (tertiary/aromatic N) is 4. The summed E-state index contributed by atoms with van der Waals surface area (Å²) in [6.45, 7) is 5.47. The smallest absolute Gasteiger partial charge is 0.341 e. The number of carbonyl (C=O) groups is 1. The van der Waals surface area contributed by atoms with E-state index in [0.717, 1.165) is 48.3 Å². The monoisotopic (exact) mass is 411 g/mol. The van der Waals surface area contributed by atoms with Gasteiger partial charge < -0.3 is 15.0 Å². The van der Waals surface area contributed by atoms with Gasteiger partial charge in [-0.25, -0.2) is 14.2 Å². The third-order valence-electron chi connectivity index (χ3n) is 5.54. The van der Waals surface area contributed by atoms with Crippen LogP contribution >= 0.6 is 0 Å². The van der Waals surface area contributed by atoms with Crippen LogP contribution in [0.3, 0.4) is 0 Å². The lowest BCUT2D eigenvalue weighted by Gasteiger charge is -2.35. The van der Waals surface area contributed by atoms with E-state index < -0.39 is 0 Å². The van der Waals surface area contributed by atoms with Gasteiger partial charge in [-0.1, -0.05) is 12.1 Å². The van der Waals surface area contributed by atoms with E-state index in [-0.39, 0.29) is 17.8 Å². The average Bonchev–Trinajstić information content (AvgIpc) is 3.03. The van der Waals surface area contributed by atoms with E-state index in [1.165, 1.54) is 6.07 Å². The summed E-state index contributed by atoms with van der Waals surface area (Å²) < 4.78 is 21.0. The predicted octanol–water partition coefficient (Wildman–Crippen LogP) is 3.67. The van der Waals surface area contributed by atoms with Crippen molar-refractivity contribution in [3.63, 3.8) is 0 Å². The van der Waals surface area contributed by atoms with Crippen LogP contribution in [0.25, 0.3) is 11.0 Å². The molecule has 1 fully saturated rings. The van der Waals surface area contributed by atoms with Crippen LogP contribution in [0.15, 0.2) is 30.5 Å². The number of esters is 1. The highest BCUT2D eigenvalue weighted by atomic mass is 19.1. The number of rotatable bonds is 5. The molecule has 0 aliphatic carbocycles. The zero-order chi connectivity index (χ0) is 21.3. The molecule has 3 aromatic rings. The Kier molecular flexibility index (Phi) is 5.57. The first-order valence-electron chi connectivity index (χ1n) is 10.2. The fourth-order valence-electron chi connectivity index (χ4n) is 4.13. The van der Waals surface area contributed by atoms with Crippen molar-refractivity contribution in [2.45, 2.75) is 32.7 Å². The Hall–Kier alpha value is -3.16. The molecule has 2 aromatic heterocycles. The SMILES string of the molecule is CCOC(=O)c1cnc2c(c(C)nn2C)c1N1CCC(Nc2ccccc2F)CC1. The van der Waals surface area contributed by atoms with Crippen molar-refractivity contribution in [3.8, 4) is 0 Å². The number of piperidine rings is 1. The van der Waals surface area contributed by atoms with Crippen LogP contribution in [0, 0.1) is 12.7 Å². The Balaban J connectivity index is 1.62. The number of anilines is 2. The second kappa shape index (κ2) is 8.30. The van der Waals surface area contributed by atoms with Gasteiger partial charge in [0.15, 0.2) is 5.65 Å². The number of benzene rings is 1. The minimum atomic E-state index is -0.378. The first kappa shape index (κ1) is 20.1. The number of fused-ring (bicyclic) bond motifs is 1. The number of pyridine rings is 1. The molecular weight excluding hydrogens is 385 g/mol. The molecule has 3 heterocycles. The number of aromatic nitrogens is 3. The van der Waals surface area contributed by atoms with Crippen molar-refractivity contribution < 1.29 is 13.9 Å². The third kappa shape index (κ3) is 3.69. The number of aryl methyl sites for hydroxylation is 2. The molecule has 1 aromatic carbocycles. The highest BCUT2D eigenvalue weighted by Gasteiger charge is 2.28. The van der Waals surface area contributed by atoms with Gasteiger partial charge >= 0.3 is 5.97 Å². The van der Waals surface area contributed by atoms with E-state index in [1.807, 2.05) is 20.0 Å². The summed E-state index contributed by atoms with van der Waals surface area (Å²) in [7, 11) is 1.85. The molecule has 0 bridgehead atoms. The van der Waals surface area contributed by atoms with Crippen molar-refractivity contribution >= 4 is 28.4 Å². The molecule has 4 rings (SSSR count). The Bertz CT molecular complexity index is 1070. The van der Waals surface area contributed by atoms with Crippen LogP contribution in [-0.4, -0.2) is 46.5 Å². The fraction of sp³-hybridized carbons (Fsp3) is 0.409. The molecule has 0 atom stereocenters. The third-order valence-corrected chi connectivity index (χ3v) is 5.54. The zero-order valence-corrected chi connectivity index (χ0v) is 17.5. The van der Waals surface area contributed by atoms with Gasteiger partial charge in [0, 0.05) is 32.4 Å². The van der Waals surface area contributed by atoms with Crippen molar-refractivity contribution in [1.29, 1.82) is 0 Å². The standard InChI is InChI=1S/C22H26FN5O2/c1-4-30-22(29)16-13-24-21-19(14(2)26-27(21)3)20(16)28-11-9-15(10-12-28)25-18-8-6-5-7-17(18)23/h5-8,13,15,25H,4,9-12H2,1-3H3. The molecule has 1 N–H and O–H groups in total. The molecule has 158 valence electrons. The molecule has 7 nitrogen and oxygen atoms in total. The molecule has 0 amide bonds. The van der Waals surface area contributed by atoms with Crippen molar-refractivity contribution in [3.05, 3.63) is 47.5 Å². The maximum atomic E-state index is 14.0. The fourth-order valence-corrected chi connectivity index (χ4v) is 4.13. The number of hydrogen-bond donors (Lipinski definition) is 1. The predicted molar refractivity (Wildman–Crippen MR) is 114 cm³/mol. The normalized spacial score (nSPS) is 14.9. The lowest BCUT2D eigenvalue weighted by molar-refractivity contribution is 0.0526. The van der Waals surface area contributed by atoms with Crippen LogP contribution in [0.1, 0.15) is 35.8 Å². The molecule has 8 heteroatoms.